The molecule has 1 amide bonds. The predicted octanol–water partition coefficient (Wildman–Crippen LogP) is 3.86. The Morgan fingerprint density at radius 2 is 1.68 bits per heavy atom. The van der Waals surface area contributed by atoms with Gasteiger partial charge in [0.05, 0.1) is 11.1 Å². The largest absolute Gasteiger partial charge is 0.287 e. The van der Waals surface area contributed by atoms with Gasteiger partial charge in [-0.15, -0.1) is 0 Å². The van der Waals surface area contributed by atoms with E-state index in [0.29, 0.717) is 0 Å². The minimum Gasteiger partial charge on any atom is -0.287 e. The van der Waals surface area contributed by atoms with Gasteiger partial charge < -0.3 is 0 Å². The summed E-state index contributed by atoms with van der Waals surface area (Å²) >= 11 is 1.69. The summed E-state index contributed by atoms with van der Waals surface area (Å²) in [5, 5.41) is 0. The van der Waals surface area contributed by atoms with E-state index in [1.54, 1.807) is 11.8 Å². The predicted molar refractivity (Wildman–Crippen MR) is 102 cm³/mol. The first-order valence-corrected chi connectivity index (χ1v) is 9.18. The molecule has 2 aliphatic heterocycles. The summed E-state index contributed by atoms with van der Waals surface area (Å²) in [7, 11) is 3.95. The van der Waals surface area contributed by atoms with Gasteiger partial charge in [-0.05, 0) is 46.1 Å². The van der Waals surface area contributed by atoms with Crippen LogP contribution >= 0.6 is 11.8 Å². The molecule has 2 heterocycles. The standard InChI is InChI=1S/C20H21N3OS/c1-20(2)18(22(3)4)21-17-13-9-5-7-11-15(13)25-16-12-8-6-10-14(16)23(17)19(20)24/h5-12,18H,1-4H3. The van der Waals surface area contributed by atoms with Gasteiger partial charge in [-0.3, -0.25) is 14.6 Å². The number of rotatable bonds is 1. The van der Waals surface area contributed by atoms with Crippen molar-refractivity contribution < 1.29 is 4.79 Å². The first-order valence-electron chi connectivity index (χ1n) is 8.36. The Hall–Kier alpha value is -2.11. The number of carbonyl (C=O) groups excluding carboxylic acids is 1. The molecule has 4 nitrogen and oxygen atoms in total. The molecule has 0 N–H and O–H groups in total. The number of para-hydroxylation sites is 1. The number of aliphatic imine (C=N–C) groups is 1. The summed E-state index contributed by atoms with van der Waals surface area (Å²) < 4.78 is 0. The molecule has 0 bridgehead atoms. The second kappa shape index (κ2) is 5.71. The van der Waals surface area contributed by atoms with Gasteiger partial charge in [0, 0.05) is 15.4 Å². The highest BCUT2D eigenvalue weighted by atomic mass is 32.2. The molecule has 0 aliphatic carbocycles. The Labute approximate surface area is 152 Å². The van der Waals surface area contributed by atoms with E-state index in [9.17, 15) is 4.79 Å². The molecule has 5 heteroatoms. The van der Waals surface area contributed by atoms with Crippen LogP contribution in [0.4, 0.5) is 5.69 Å². The zero-order chi connectivity index (χ0) is 17.8. The van der Waals surface area contributed by atoms with Gasteiger partial charge in [-0.2, -0.15) is 0 Å². The van der Waals surface area contributed by atoms with Crippen molar-refractivity contribution in [1.29, 1.82) is 0 Å². The minimum absolute atomic E-state index is 0.0842. The molecule has 1 atom stereocenters. The SMILES string of the molecule is CN(C)C1N=C2c3ccccc3Sc3ccccc3N2C(=O)C1(C)C. The molecule has 0 aromatic heterocycles. The number of carbonyl (C=O) groups is 1. The first kappa shape index (κ1) is 16.4. The van der Waals surface area contributed by atoms with Crippen molar-refractivity contribution in [2.45, 2.75) is 29.8 Å². The van der Waals surface area contributed by atoms with E-state index < -0.39 is 5.41 Å². The lowest BCUT2D eigenvalue weighted by Crippen LogP contribution is -2.58. The Morgan fingerprint density at radius 3 is 2.40 bits per heavy atom. The molecule has 0 saturated heterocycles. The van der Waals surface area contributed by atoms with Crippen LogP contribution in [0.3, 0.4) is 0 Å². The van der Waals surface area contributed by atoms with Crippen LogP contribution in [0.15, 0.2) is 63.3 Å². The molecule has 128 valence electrons. The van der Waals surface area contributed by atoms with Crippen molar-refractivity contribution in [2.75, 3.05) is 19.0 Å². The lowest BCUT2D eigenvalue weighted by Gasteiger charge is -2.43. The van der Waals surface area contributed by atoms with Crippen LogP contribution < -0.4 is 4.90 Å². The second-order valence-electron chi connectivity index (χ2n) is 7.22. The van der Waals surface area contributed by atoms with E-state index in [2.05, 4.69) is 18.2 Å². The van der Waals surface area contributed by atoms with E-state index in [0.717, 1.165) is 26.9 Å². The van der Waals surface area contributed by atoms with E-state index in [-0.39, 0.29) is 12.1 Å². The van der Waals surface area contributed by atoms with E-state index in [1.165, 1.54) is 0 Å². The third kappa shape index (κ3) is 2.41. The fraction of sp³-hybridized carbons (Fsp3) is 0.300. The molecule has 0 radical (unpaired) electrons. The highest BCUT2D eigenvalue weighted by Gasteiger charge is 2.48. The molecular formula is C20H21N3OS. The van der Waals surface area contributed by atoms with Crippen molar-refractivity contribution in [3.05, 3.63) is 54.1 Å². The Morgan fingerprint density at radius 1 is 1.04 bits per heavy atom. The van der Waals surface area contributed by atoms with Crippen molar-refractivity contribution in [3.63, 3.8) is 0 Å². The van der Waals surface area contributed by atoms with Crippen molar-refractivity contribution in [1.82, 2.24) is 4.90 Å². The van der Waals surface area contributed by atoms with E-state index in [1.807, 2.05) is 68.1 Å². The number of amidine groups is 1. The summed E-state index contributed by atoms with van der Waals surface area (Å²) in [5.41, 5.74) is 1.32. The van der Waals surface area contributed by atoms with Gasteiger partial charge in [0.25, 0.3) is 0 Å². The topological polar surface area (TPSA) is 35.9 Å². The summed E-state index contributed by atoms with van der Waals surface area (Å²) in [4.78, 5) is 24.6. The summed E-state index contributed by atoms with van der Waals surface area (Å²) in [6.45, 7) is 3.96. The molecule has 25 heavy (non-hydrogen) atoms. The second-order valence-corrected chi connectivity index (χ2v) is 8.30. The van der Waals surface area contributed by atoms with Gasteiger partial charge in [0.15, 0.2) is 0 Å². The quantitative estimate of drug-likeness (QED) is 0.783. The minimum atomic E-state index is -0.607. The zero-order valence-corrected chi connectivity index (χ0v) is 15.7. The molecule has 1 unspecified atom stereocenters. The number of hydrogen-bond acceptors (Lipinski definition) is 4. The maximum atomic E-state index is 13.5. The van der Waals surface area contributed by atoms with Gasteiger partial charge >= 0.3 is 0 Å². The molecule has 2 aromatic rings. The number of benzene rings is 2. The summed E-state index contributed by atoms with van der Waals surface area (Å²) in [6, 6.07) is 16.2. The molecule has 0 saturated carbocycles. The van der Waals surface area contributed by atoms with E-state index in [4.69, 9.17) is 4.99 Å². The third-order valence-corrected chi connectivity index (χ3v) is 5.94. The number of nitrogens with zero attached hydrogens (tertiary/aromatic N) is 3. The van der Waals surface area contributed by atoms with Crippen LogP contribution in [-0.4, -0.2) is 36.9 Å². The number of fused-ring (bicyclic) bond motifs is 5. The van der Waals surface area contributed by atoms with Gasteiger partial charge in [0.1, 0.15) is 12.0 Å². The molecule has 0 spiro atoms. The van der Waals surface area contributed by atoms with Crippen LogP contribution in [0.25, 0.3) is 0 Å². The van der Waals surface area contributed by atoms with Crippen LogP contribution in [-0.2, 0) is 4.79 Å². The van der Waals surface area contributed by atoms with Crippen LogP contribution in [0.5, 0.6) is 0 Å². The van der Waals surface area contributed by atoms with Crippen molar-refractivity contribution in [3.8, 4) is 0 Å². The van der Waals surface area contributed by atoms with Gasteiger partial charge in [-0.1, -0.05) is 42.1 Å². The monoisotopic (exact) mass is 351 g/mol. The Kier molecular flexibility index (Phi) is 3.74. The Balaban J connectivity index is 2.04. The van der Waals surface area contributed by atoms with Gasteiger partial charge in [-0.25, -0.2) is 4.99 Å². The first-order chi connectivity index (χ1) is 11.9. The lowest BCUT2D eigenvalue weighted by molar-refractivity contribution is -0.129. The van der Waals surface area contributed by atoms with Crippen LogP contribution in [0.2, 0.25) is 0 Å². The highest BCUT2D eigenvalue weighted by Crippen LogP contribution is 2.45. The third-order valence-electron chi connectivity index (χ3n) is 4.80. The maximum Gasteiger partial charge on any atom is 0.241 e. The van der Waals surface area contributed by atoms with Crippen molar-refractivity contribution >= 4 is 29.2 Å². The average Bonchev–Trinajstić information content (AvgIpc) is 2.72. The average molecular weight is 351 g/mol. The smallest absolute Gasteiger partial charge is 0.241 e. The maximum absolute atomic E-state index is 13.5. The zero-order valence-electron chi connectivity index (χ0n) is 14.9. The summed E-state index contributed by atoms with van der Waals surface area (Å²) in [6.07, 6.45) is -0.199. The number of anilines is 1. The molecule has 2 aromatic carbocycles. The van der Waals surface area contributed by atoms with Crippen LogP contribution in [0.1, 0.15) is 19.4 Å². The molecular weight excluding hydrogens is 330 g/mol. The molecule has 0 fully saturated rings. The van der Waals surface area contributed by atoms with Crippen molar-refractivity contribution in [2.24, 2.45) is 10.4 Å². The fourth-order valence-electron chi connectivity index (χ4n) is 3.59. The summed E-state index contributed by atoms with van der Waals surface area (Å²) in [5.74, 6) is 0.831. The number of amides is 1. The van der Waals surface area contributed by atoms with Gasteiger partial charge in [0.2, 0.25) is 5.91 Å². The van der Waals surface area contributed by atoms with Crippen LogP contribution in [0, 0.1) is 5.41 Å². The highest BCUT2D eigenvalue weighted by molar-refractivity contribution is 7.99. The van der Waals surface area contributed by atoms with E-state index >= 15 is 0 Å². The molecule has 2 aliphatic rings. The fourth-order valence-corrected chi connectivity index (χ4v) is 4.65. The Bertz CT molecular complexity index is 888. The lowest BCUT2D eigenvalue weighted by atomic mass is 9.84. The normalized spacial score (nSPS) is 21.2. The molecule has 4 rings (SSSR count). The number of hydrogen-bond donors (Lipinski definition) is 0.